The first kappa shape index (κ1) is 21.6. The molecule has 166 valence electrons. The SMILES string of the molecule is O=S(=O)(Nc1ccc(/C=C\c2ccc(-c3ccccc3)cc2)c2cccnc12)c1ccccc1. The third-order valence-corrected chi connectivity index (χ3v) is 6.96. The molecule has 0 radical (unpaired) electrons. The molecule has 0 unspecified atom stereocenters. The first-order chi connectivity index (χ1) is 16.6. The highest BCUT2D eigenvalue weighted by Gasteiger charge is 2.16. The fourth-order valence-corrected chi connectivity index (χ4v) is 4.92. The van der Waals surface area contributed by atoms with Crippen LogP contribution in [0.2, 0.25) is 0 Å². The lowest BCUT2D eigenvalue weighted by Crippen LogP contribution is -2.13. The third-order valence-electron chi connectivity index (χ3n) is 5.57. The van der Waals surface area contributed by atoms with Crippen LogP contribution in [0.3, 0.4) is 0 Å². The summed E-state index contributed by atoms with van der Waals surface area (Å²) in [5, 5.41) is 0.868. The maximum absolute atomic E-state index is 12.8. The molecule has 0 amide bonds. The highest BCUT2D eigenvalue weighted by atomic mass is 32.2. The van der Waals surface area contributed by atoms with Crippen LogP contribution in [0, 0.1) is 0 Å². The molecule has 0 aliphatic rings. The minimum absolute atomic E-state index is 0.210. The Balaban J connectivity index is 1.44. The molecule has 1 heterocycles. The Bertz CT molecular complexity index is 1560. The van der Waals surface area contributed by atoms with Gasteiger partial charge in [0, 0.05) is 11.6 Å². The van der Waals surface area contributed by atoms with Crippen LogP contribution in [0.1, 0.15) is 11.1 Å². The van der Waals surface area contributed by atoms with E-state index in [9.17, 15) is 8.42 Å². The molecule has 5 aromatic rings. The molecule has 4 nitrogen and oxygen atoms in total. The second-order valence-corrected chi connectivity index (χ2v) is 9.52. The number of rotatable bonds is 6. The summed E-state index contributed by atoms with van der Waals surface area (Å²) >= 11 is 0. The average Bonchev–Trinajstić information content (AvgIpc) is 2.89. The normalized spacial score (nSPS) is 11.6. The van der Waals surface area contributed by atoms with Crippen LogP contribution in [0.15, 0.2) is 120 Å². The molecule has 4 aromatic carbocycles. The van der Waals surface area contributed by atoms with E-state index < -0.39 is 10.0 Å². The Hall–Kier alpha value is -4.22. The molecule has 0 spiro atoms. The summed E-state index contributed by atoms with van der Waals surface area (Å²) in [5.41, 5.74) is 5.43. The van der Waals surface area contributed by atoms with Gasteiger partial charge >= 0.3 is 0 Å². The van der Waals surface area contributed by atoms with E-state index in [2.05, 4.69) is 46.1 Å². The van der Waals surface area contributed by atoms with Crippen molar-refractivity contribution in [3.63, 3.8) is 0 Å². The minimum atomic E-state index is -3.71. The predicted molar refractivity (Wildman–Crippen MR) is 140 cm³/mol. The van der Waals surface area contributed by atoms with Crippen molar-refractivity contribution in [3.05, 3.63) is 127 Å². The largest absolute Gasteiger partial charge is 0.277 e. The van der Waals surface area contributed by atoms with E-state index in [1.807, 2.05) is 48.6 Å². The average molecular weight is 463 g/mol. The van der Waals surface area contributed by atoms with E-state index in [0.717, 1.165) is 16.5 Å². The van der Waals surface area contributed by atoms with Crippen LogP contribution >= 0.6 is 0 Å². The van der Waals surface area contributed by atoms with Crippen molar-refractivity contribution in [2.24, 2.45) is 0 Å². The predicted octanol–water partition coefficient (Wildman–Crippen LogP) is 6.87. The van der Waals surface area contributed by atoms with Crippen LogP contribution in [0.5, 0.6) is 0 Å². The molecule has 0 saturated heterocycles. The summed E-state index contributed by atoms with van der Waals surface area (Å²) in [6.07, 6.45) is 5.74. The molecule has 0 fully saturated rings. The van der Waals surface area contributed by atoms with Gasteiger partial charge in [0.1, 0.15) is 0 Å². The summed E-state index contributed by atoms with van der Waals surface area (Å²) in [6, 6.07) is 34.4. The summed E-state index contributed by atoms with van der Waals surface area (Å²) in [5.74, 6) is 0. The van der Waals surface area contributed by atoms with E-state index in [0.29, 0.717) is 11.2 Å². The highest BCUT2D eigenvalue weighted by Crippen LogP contribution is 2.28. The van der Waals surface area contributed by atoms with Gasteiger partial charge in [0.2, 0.25) is 0 Å². The number of pyridine rings is 1. The lowest BCUT2D eigenvalue weighted by Gasteiger charge is -2.11. The number of fused-ring (bicyclic) bond motifs is 1. The van der Waals surface area contributed by atoms with Gasteiger partial charge in [-0.2, -0.15) is 0 Å². The zero-order valence-corrected chi connectivity index (χ0v) is 19.1. The quantitative estimate of drug-likeness (QED) is 0.280. The van der Waals surface area contributed by atoms with Gasteiger partial charge in [-0.15, -0.1) is 0 Å². The van der Waals surface area contributed by atoms with E-state index in [-0.39, 0.29) is 4.90 Å². The second kappa shape index (κ2) is 9.33. The molecule has 0 atom stereocenters. The van der Waals surface area contributed by atoms with Crippen molar-refractivity contribution in [2.75, 3.05) is 4.72 Å². The number of hydrogen-bond acceptors (Lipinski definition) is 3. The molecule has 0 bridgehead atoms. The van der Waals surface area contributed by atoms with Crippen molar-refractivity contribution >= 4 is 38.8 Å². The van der Waals surface area contributed by atoms with Gasteiger partial charge in [0.15, 0.2) is 0 Å². The number of sulfonamides is 1. The highest BCUT2D eigenvalue weighted by molar-refractivity contribution is 7.92. The summed E-state index contributed by atoms with van der Waals surface area (Å²) in [6.45, 7) is 0. The molecular formula is C29H22N2O2S. The van der Waals surface area contributed by atoms with Crippen LogP contribution in [-0.2, 0) is 10.0 Å². The summed E-state index contributed by atoms with van der Waals surface area (Å²) < 4.78 is 28.3. The molecule has 5 heteroatoms. The topological polar surface area (TPSA) is 59.1 Å². The second-order valence-electron chi connectivity index (χ2n) is 7.84. The number of benzene rings is 4. The van der Waals surface area contributed by atoms with Gasteiger partial charge in [0.05, 0.1) is 16.1 Å². The third kappa shape index (κ3) is 4.60. The molecule has 0 saturated carbocycles. The molecule has 1 N–H and O–H groups in total. The van der Waals surface area contributed by atoms with Gasteiger partial charge in [0.25, 0.3) is 10.0 Å². The Morgan fingerprint density at radius 3 is 2.06 bits per heavy atom. The van der Waals surface area contributed by atoms with Crippen LogP contribution < -0.4 is 4.72 Å². The van der Waals surface area contributed by atoms with Crippen LogP contribution in [0.25, 0.3) is 34.2 Å². The van der Waals surface area contributed by atoms with Gasteiger partial charge in [-0.1, -0.05) is 97.1 Å². The fraction of sp³-hybridized carbons (Fsp3) is 0. The van der Waals surface area contributed by atoms with Crippen molar-refractivity contribution < 1.29 is 8.42 Å². The Kier molecular flexibility index (Phi) is 5.93. The maximum Gasteiger partial charge on any atom is 0.261 e. The Labute approximate surface area is 199 Å². The van der Waals surface area contributed by atoms with Crippen molar-refractivity contribution in [1.82, 2.24) is 4.98 Å². The lowest BCUT2D eigenvalue weighted by atomic mass is 10.0. The molecule has 0 aliphatic heterocycles. The number of nitrogens with one attached hydrogen (secondary N) is 1. The molecule has 5 rings (SSSR count). The minimum Gasteiger partial charge on any atom is -0.277 e. The fourth-order valence-electron chi connectivity index (χ4n) is 3.83. The monoisotopic (exact) mass is 462 g/mol. The summed E-state index contributed by atoms with van der Waals surface area (Å²) in [7, 11) is -3.71. The summed E-state index contributed by atoms with van der Waals surface area (Å²) in [4.78, 5) is 4.67. The lowest BCUT2D eigenvalue weighted by molar-refractivity contribution is 0.601. The zero-order valence-electron chi connectivity index (χ0n) is 18.3. The molecular weight excluding hydrogens is 440 g/mol. The number of hydrogen-bond donors (Lipinski definition) is 1. The standard InChI is InChI=1S/C29H22N2O2S/c32-34(33,26-10-5-2-6-11-26)31-28-20-19-25(27-12-7-21-30-29(27)28)18-15-22-13-16-24(17-14-22)23-8-3-1-4-9-23/h1-21,31H/b18-15-. The number of nitrogens with zero attached hydrogens (tertiary/aromatic N) is 1. The van der Waals surface area contributed by atoms with Gasteiger partial charge < -0.3 is 0 Å². The van der Waals surface area contributed by atoms with Crippen molar-refractivity contribution in [1.29, 1.82) is 0 Å². The van der Waals surface area contributed by atoms with E-state index in [1.54, 1.807) is 42.6 Å². The number of aromatic nitrogens is 1. The molecule has 0 aliphatic carbocycles. The Morgan fingerprint density at radius 2 is 1.32 bits per heavy atom. The Morgan fingerprint density at radius 1 is 0.647 bits per heavy atom. The van der Waals surface area contributed by atoms with Gasteiger partial charge in [-0.3, -0.25) is 9.71 Å². The zero-order chi connectivity index (χ0) is 23.4. The van der Waals surface area contributed by atoms with Gasteiger partial charge in [-0.25, -0.2) is 8.42 Å². The maximum atomic E-state index is 12.8. The van der Waals surface area contributed by atoms with Crippen LogP contribution in [-0.4, -0.2) is 13.4 Å². The van der Waals surface area contributed by atoms with E-state index in [4.69, 9.17) is 0 Å². The van der Waals surface area contributed by atoms with Gasteiger partial charge in [-0.05, 0) is 46.5 Å². The van der Waals surface area contributed by atoms with Crippen molar-refractivity contribution in [3.8, 4) is 11.1 Å². The molecule has 34 heavy (non-hydrogen) atoms. The smallest absolute Gasteiger partial charge is 0.261 e. The van der Waals surface area contributed by atoms with Crippen LogP contribution in [0.4, 0.5) is 5.69 Å². The first-order valence-electron chi connectivity index (χ1n) is 10.9. The number of anilines is 1. The van der Waals surface area contributed by atoms with E-state index >= 15 is 0 Å². The van der Waals surface area contributed by atoms with Crippen molar-refractivity contribution in [2.45, 2.75) is 4.90 Å². The molecule has 1 aromatic heterocycles. The first-order valence-corrected chi connectivity index (χ1v) is 12.4. The van der Waals surface area contributed by atoms with E-state index in [1.165, 1.54) is 11.1 Å².